The molecule has 32 heavy (non-hydrogen) atoms. The molecular formula is C24H31N3O4S. The zero-order valence-electron chi connectivity index (χ0n) is 19.5. The van der Waals surface area contributed by atoms with E-state index in [2.05, 4.69) is 5.10 Å². The molecular weight excluding hydrogens is 426 g/mol. The van der Waals surface area contributed by atoms with E-state index in [1.165, 1.54) is 4.31 Å². The van der Waals surface area contributed by atoms with Crippen molar-refractivity contribution in [2.24, 2.45) is 0 Å². The first kappa shape index (κ1) is 23.8. The van der Waals surface area contributed by atoms with E-state index in [1.54, 1.807) is 32.4 Å². The third-order valence-electron chi connectivity index (χ3n) is 5.64. The van der Waals surface area contributed by atoms with Crippen molar-refractivity contribution in [1.82, 2.24) is 14.1 Å². The van der Waals surface area contributed by atoms with Crippen LogP contribution in [0, 0.1) is 20.8 Å². The van der Waals surface area contributed by atoms with Crippen molar-refractivity contribution >= 4 is 10.0 Å². The molecule has 0 bridgehead atoms. The lowest BCUT2D eigenvalue weighted by molar-refractivity contribution is 0.352. The minimum atomic E-state index is -3.76. The molecule has 0 atom stereocenters. The summed E-state index contributed by atoms with van der Waals surface area (Å²) in [7, 11) is -0.627. The molecule has 0 spiro atoms. The third kappa shape index (κ3) is 4.97. The predicted molar refractivity (Wildman–Crippen MR) is 125 cm³/mol. The van der Waals surface area contributed by atoms with Gasteiger partial charge in [-0.1, -0.05) is 12.1 Å². The topological polar surface area (TPSA) is 73.7 Å². The maximum atomic E-state index is 13.7. The van der Waals surface area contributed by atoms with E-state index in [-0.39, 0.29) is 18.0 Å². The molecule has 0 fully saturated rings. The van der Waals surface area contributed by atoms with Gasteiger partial charge in [0.05, 0.1) is 24.8 Å². The van der Waals surface area contributed by atoms with Crippen molar-refractivity contribution < 1.29 is 17.9 Å². The summed E-state index contributed by atoms with van der Waals surface area (Å²) in [6.45, 7) is 8.92. The summed E-state index contributed by atoms with van der Waals surface area (Å²) in [6, 6.07) is 10.7. The van der Waals surface area contributed by atoms with Gasteiger partial charge in [-0.2, -0.15) is 9.40 Å². The molecule has 0 amide bonds. The summed E-state index contributed by atoms with van der Waals surface area (Å²) in [5.74, 6) is 1.16. The molecule has 3 rings (SSSR count). The van der Waals surface area contributed by atoms with Crippen LogP contribution < -0.4 is 9.47 Å². The van der Waals surface area contributed by atoms with Crippen LogP contribution in [0.5, 0.6) is 11.5 Å². The number of rotatable bonds is 9. The SMILES string of the molecule is CCn1cc(CN(Cc2ccc(OC)c(OC)c2)S(=O)(=O)c2ccc(C)c(C)c2)c(C)n1. The number of ether oxygens (including phenoxy) is 2. The zero-order chi connectivity index (χ0) is 23.5. The van der Waals surface area contributed by atoms with E-state index < -0.39 is 10.0 Å². The largest absolute Gasteiger partial charge is 0.493 e. The highest BCUT2D eigenvalue weighted by Gasteiger charge is 2.27. The average Bonchev–Trinajstić information content (AvgIpc) is 3.14. The fraction of sp³-hybridized carbons (Fsp3) is 0.375. The van der Waals surface area contributed by atoms with E-state index in [9.17, 15) is 8.42 Å². The first-order valence-corrected chi connectivity index (χ1v) is 11.9. The van der Waals surface area contributed by atoms with Crippen LogP contribution in [-0.4, -0.2) is 36.7 Å². The van der Waals surface area contributed by atoms with Crippen molar-refractivity contribution in [2.75, 3.05) is 14.2 Å². The zero-order valence-corrected chi connectivity index (χ0v) is 20.4. The molecule has 1 heterocycles. The summed E-state index contributed by atoms with van der Waals surface area (Å²) in [6.07, 6.45) is 1.91. The molecule has 0 saturated heterocycles. The van der Waals surface area contributed by atoms with Gasteiger partial charge >= 0.3 is 0 Å². The second kappa shape index (κ2) is 9.75. The number of sulfonamides is 1. The molecule has 172 valence electrons. The Labute approximate surface area is 190 Å². The lowest BCUT2D eigenvalue weighted by Gasteiger charge is -2.23. The fourth-order valence-electron chi connectivity index (χ4n) is 3.50. The maximum absolute atomic E-state index is 13.7. The Hall–Kier alpha value is -2.84. The van der Waals surface area contributed by atoms with Crippen molar-refractivity contribution in [3.63, 3.8) is 0 Å². The van der Waals surface area contributed by atoms with E-state index in [0.717, 1.165) is 34.5 Å². The second-order valence-electron chi connectivity index (χ2n) is 7.80. The van der Waals surface area contributed by atoms with Gasteiger partial charge in [0.25, 0.3) is 0 Å². The third-order valence-corrected chi connectivity index (χ3v) is 7.43. The lowest BCUT2D eigenvalue weighted by atomic mass is 10.1. The standard InChI is InChI=1S/C24H31N3O4S/c1-7-26-15-21(19(4)25-26)16-27(14-20-9-11-23(30-5)24(13-20)31-6)32(28,29)22-10-8-17(2)18(3)12-22/h8-13,15H,7,14,16H2,1-6H3. The first-order chi connectivity index (χ1) is 15.2. The molecule has 0 aliphatic heterocycles. The fourth-order valence-corrected chi connectivity index (χ4v) is 4.99. The highest BCUT2D eigenvalue weighted by Crippen LogP contribution is 2.30. The molecule has 0 aliphatic rings. The smallest absolute Gasteiger partial charge is 0.243 e. The monoisotopic (exact) mass is 457 g/mol. The van der Waals surface area contributed by atoms with Crippen LogP contribution in [0.3, 0.4) is 0 Å². The van der Waals surface area contributed by atoms with Crippen molar-refractivity contribution in [3.8, 4) is 11.5 Å². The summed E-state index contributed by atoms with van der Waals surface area (Å²) in [4.78, 5) is 0.279. The van der Waals surface area contributed by atoms with Gasteiger partial charge < -0.3 is 9.47 Å². The Kier molecular flexibility index (Phi) is 7.26. The Morgan fingerprint density at radius 2 is 1.66 bits per heavy atom. The Morgan fingerprint density at radius 1 is 0.938 bits per heavy atom. The van der Waals surface area contributed by atoms with Crippen LogP contribution in [-0.2, 0) is 29.7 Å². The van der Waals surface area contributed by atoms with Crippen LogP contribution in [0.1, 0.15) is 34.9 Å². The van der Waals surface area contributed by atoms with Gasteiger partial charge in [0.15, 0.2) is 11.5 Å². The minimum Gasteiger partial charge on any atom is -0.493 e. The van der Waals surface area contributed by atoms with Crippen molar-refractivity contribution in [2.45, 2.75) is 52.2 Å². The summed E-state index contributed by atoms with van der Waals surface area (Å²) < 4.78 is 41.5. The molecule has 0 radical (unpaired) electrons. The maximum Gasteiger partial charge on any atom is 0.243 e. The van der Waals surface area contributed by atoms with Crippen LogP contribution in [0.4, 0.5) is 0 Å². The number of aromatic nitrogens is 2. The molecule has 0 unspecified atom stereocenters. The molecule has 0 saturated carbocycles. The number of benzene rings is 2. The van der Waals surface area contributed by atoms with E-state index in [1.807, 2.05) is 56.8 Å². The van der Waals surface area contributed by atoms with Crippen LogP contribution in [0.15, 0.2) is 47.5 Å². The molecule has 1 aromatic heterocycles. The second-order valence-corrected chi connectivity index (χ2v) is 9.74. The van der Waals surface area contributed by atoms with Crippen LogP contribution in [0.25, 0.3) is 0 Å². The number of aryl methyl sites for hydroxylation is 4. The normalized spacial score (nSPS) is 11.7. The Bertz CT molecular complexity index is 1200. The molecule has 0 aliphatic carbocycles. The summed E-state index contributed by atoms with van der Waals surface area (Å²) >= 11 is 0. The van der Waals surface area contributed by atoms with Gasteiger partial charge in [0, 0.05) is 31.4 Å². The highest BCUT2D eigenvalue weighted by molar-refractivity contribution is 7.89. The molecule has 2 aromatic carbocycles. The van der Waals surface area contributed by atoms with Crippen molar-refractivity contribution in [3.05, 3.63) is 70.5 Å². The Balaban J connectivity index is 2.04. The number of hydrogen-bond donors (Lipinski definition) is 0. The quantitative estimate of drug-likeness (QED) is 0.481. The molecule has 7 nitrogen and oxygen atoms in total. The highest BCUT2D eigenvalue weighted by atomic mass is 32.2. The van der Waals surface area contributed by atoms with Gasteiger partial charge in [-0.3, -0.25) is 4.68 Å². The van der Waals surface area contributed by atoms with Gasteiger partial charge in [-0.25, -0.2) is 8.42 Å². The van der Waals surface area contributed by atoms with E-state index in [0.29, 0.717) is 11.5 Å². The van der Waals surface area contributed by atoms with Gasteiger partial charge in [0.1, 0.15) is 0 Å². The van der Waals surface area contributed by atoms with Gasteiger partial charge in [-0.05, 0) is 68.7 Å². The molecule has 8 heteroatoms. The van der Waals surface area contributed by atoms with Crippen LogP contribution in [0.2, 0.25) is 0 Å². The number of hydrogen-bond acceptors (Lipinski definition) is 5. The van der Waals surface area contributed by atoms with Gasteiger partial charge in [-0.15, -0.1) is 0 Å². The minimum absolute atomic E-state index is 0.187. The van der Waals surface area contributed by atoms with E-state index in [4.69, 9.17) is 9.47 Å². The summed E-state index contributed by atoms with van der Waals surface area (Å²) in [5, 5.41) is 4.48. The number of nitrogens with zero attached hydrogens (tertiary/aromatic N) is 3. The first-order valence-electron chi connectivity index (χ1n) is 10.5. The van der Waals surface area contributed by atoms with E-state index >= 15 is 0 Å². The number of methoxy groups -OCH3 is 2. The van der Waals surface area contributed by atoms with Crippen LogP contribution >= 0.6 is 0 Å². The molecule has 0 N–H and O–H groups in total. The Morgan fingerprint density at radius 3 is 2.25 bits per heavy atom. The molecule has 3 aromatic rings. The van der Waals surface area contributed by atoms with Gasteiger partial charge in [0.2, 0.25) is 10.0 Å². The van der Waals surface area contributed by atoms with Crippen molar-refractivity contribution in [1.29, 1.82) is 0 Å². The lowest BCUT2D eigenvalue weighted by Crippen LogP contribution is -2.30. The average molecular weight is 458 g/mol. The predicted octanol–water partition coefficient (Wildman–Crippen LogP) is 4.24. The summed E-state index contributed by atoms with van der Waals surface area (Å²) in [5.41, 5.74) is 4.48.